The van der Waals surface area contributed by atoms with Gasteiger partial charge in [0.1, 0.15) is 5.69 Å². The van der Waals surface area contributed by atoms with E-state index in [1.807, 2.05) is 0 Å². The van der Waals surface area contributed by atoms with Crippen LogP contribution in [0.3, 0.4) is 0 Å². The zero-order chi connectivity index (χ0) is 13.2. The maximum absolute atomic E-state index is 12.4. The Kier molecular flexibility index (Phi) is 3.05. The Morgan fingerprint density at radius 2 is 2.11 bits per heavy atom. The second kappa shape index (κ2) is 4.52. The summed E-state index contributed by atoms with van der Waals surface area (Å²) in [6.45, 7) is 0. The lowest BCUT2D eigenvalue weighted by Crippen LogP contribution is -2.13. The van der Waals surface area contributed by atoms with Crippen molar-refractivity contribution in [1.82, 2.24) is 9.97 Å². The van der Waals surface area contributed by atoms with Gasteiger partial charge in [0.05, 0.1) is 18.1 Å². The van der Waals surface area contributed by atoms with Gasteiger partial charge in [-0.1, -0.05) is 6.07 Å². The molecule has 0 aliphatic heterocycles. The van der Waals surface area contributed by atoms with Gasteiger partial charge in [-0.2, -0.15) is 13.2 Å². The summed E-state index contributed by atoms with van der Waals surface area (Å²) in [6.07, 6.45) is -1.85. The Balaban J connectivity index is 2.18. The zero-order valence-corrected chi connectivity index (χ0v) is 8.95. The molecule has 2 N–H and O–H groups in total. The summed E-state index contributed by atoms with van der Waals surface area (Å²) in [4.78, 5) is 17.8. The molecule has 0 bridgehead atoms. The monoisotopic (exact) mass is 255 g/mol. The Morgan fingerprint density at radius 1 is 1.33 bits per heavy atom. The third kappa shape index (κ3) is 2.68. The lowest BCUT2D eigenvalue weighted by atomic mass is 10.2. The van der Waals surface area contributed by atoms with Crippen molar-refractivity contribution in [3.05, 3.63) is 48.0 Å². The van der Waals surface area contributed by atoms with E-state index in [1.165, 1.54) is 24.7 Å². The van der Waals surface area contributed by atoms with Crippen molar-refractivity contribution in [3.63, 3.8) is 0 Å². The topological polar surface area (TPSA) is 57.8 Å². The van der Waals surface area contributed by atoms with Crippen LogP contribution in [0, 0.1) is 0 Å². The highest BCUT2D eigenvalue weighted by atomic mass is 19.4. The van der Waals surface area contributed by atoms with Crippen molar-refractivity contribution in [3.8, 4) is 0 Å². The third-order valence-electron chi connectivity index (χ3n) is 2.19. The molecule has 18 heavy (non-hydrogen) atoms. The molecule has 2 rings (SSSR count). The fourth-order valence-corrected chi connectivity index (χ4v) is 1.35. The van der Waals surface area contributed by atoms with E-state index in [2.05, 4.69) is 15.3 Å². The Morgan fingerprint density at radius 3 is 2.72 bits per heavy atom. The van der Waals surface area contributed by atoms with E-state index in [-0.39, 0.29) is 11.4 Å². The van der Waals surface area contributed by atoms with E-state index in [4.69, 9.17) is 0 Å². The number of carbonyl (C=O) groups excluding carboxylic acids is 1. The number of rotatable bonds is 2. The van der Waals surface area contributed by atoms with Crippen molar-refractivity contribution in [2.45, 2.75) is 6.18 Å². The summed E-state index contributed by atoms with van der Waals surface area (Å²) in [6, 6.07) is 4.41. The molecule has 0 radical (unpaired) electrons. The van der Waals surface area contributed by atoms with Gasteiger partial charge in [-0.25, -0.2) is 4.98 Å². The minimum absolute atomic E-state index is 0.0735. The van der Waals surface area contributed by atoms with Crippen LogP contribution in [-0.2, 0) is 6.18 Å². The maximum atomic E-state index is 12.4. The first-order valence-electron chi connectivity index (χ1n) is 4.94. The highest BCUT2D eigenvalue weighted by Crippen LogP contribution is 2.30. The fourth-order valence-electron chi connectivity index (χ4n) is 1.35. The van der Waals surface area contributed by atoms with Gasteiger partial charge >= 0.3 is 6.18 Å². The molecule has 0 aliphatic carbocycles. The molecule has 0 saturated heterocycles. The molecule has 1 amide bonds. The van der Waals surface area contributed by atoms with E-state index in [0.717, 1.165) is 12.1 Å². The van der Waals surface area contributed by atoms with Gasteiger partial charge in [0.15, 0.2) is 0 Å². The number of benzene rings is 1. The number of anilines is 1. The Labute approximate surface area is 99.9 Å². The molecule has 1 aromatic heterocycles. The first-order valence-corrected chi connectivity index (χ1v) is 4.94. The standard InChI is InChI=1S/C11H8F3N3O/c12-11(13,14)7-2-1-3-8(4-7)17-10(18)9-5-15-6-16-9/h1-6H,(H,15,16)(H,17,18). The van der Waals surface area contributed by atoms with Gasteiger partial charge in [-0.05, 0) is 18.2 Å². The predicted molar refractivity (Wildman–Crippen MR) is 58.0 cm³/mol. The Bertz CT molecular complexity index is 549. The number of aromatic nitrogens is 2. The largest absolute Gasteiger partial charge is 0.416 e. The second-order valence-corrected chi connectivity index (χ2v) is 3.50. The minimum Gasteiger partial charge on any atom is -0.341 e. The van der Waals surface area contributed by atoms with E-state index >= 15 is 0 Å². The maximum Gasteiger partial charge on any atom is 0.416 e. The molecular formula is C11H8F3N3O. The van der Waals surface area contributed by atoms with Crippen LogP contribution in [0.2, 0.25) is 0 Å². The average molecular weight is 255 g/mol. The van der Waals surface area contributed by atoms with Crippen molar-refractivity contribution < 1.29 is 18.0 Å². The molecule has 0 unspecified atom stereocenters. The minimum atomic E-state index is -4.44. The normalized spacial score (nSPS) is 11.3. The van der Waals surface area contributed by atoms with Gasteiger partial charge in [-0.3, -0.25) is 4.79 Å². The smallest absolute Gasteiger partial charge is 0.341 e. The molecule has 0 aliphatic rings. The summed E-state index contributed by atoms with van der Waals surface area (Å²) in [5.41, 5.74) is -0.568. The van der Waals surface area contributed by atoms with Crippen molar-refractivity contribution in [2.75, 3.05) is 5.32 Å². The number of hydrogen-bond acceptors (Lipinski definition) is 2. The lowest BCUT2D eigenvalue weighted by molar-refractivity contribution is -0.137. The predicted octanol–water partition coefficient (Wildman–Crippen LogP) is 2.68. The van der Waals surface area contributed by atoms with Gasteiger partial charge in [0.25, 0.3) is 5.91 Å². The molecule has 7 heteroatoms. The van der Waals surface area contributed by atoms with Crippen LogP contribution >= 0.6 is 0 Å². The van der Waals surface area contributed by atoms with Crippen LogP contribution in [0.4, 0.5) is 18.9 Å². The second-order valence-electron chi connectivity index (χ2n) is 3.50. The number of hydrogen-bond donors (Lipinski definition) is 2. The molecule has 1 heterocycles. The summed E-state index contributed by atoms with van der Waals surface area (Å²) in [5, 5.41) is 2.35. The quantitative estimate of drug-likeness (QED) is 0.866. The molecule has 94 valence electrons. The third-order valence-corrected chi connectivity index (χ3v) is 2.19. The van der Waals surface area contributed by atoms with Crippen LogP contribution in [0.15, 0.2) is 36.8 Å². The summed E-state index contributed by atoms with van der Waals surface area (Å²) in [5.74, 6) is -0.549. The van der Waals surface area contributed by atoms with E-state index < -0.39 is 17.6 Å². The number of aromatic amines is 1. The number of nitrogens with zero attached hydrogens (tertiary/aromatic N) is 1. The number of imidazole rings is 1. The highest BCUT2D eigenvalue weighted by Gasteiger charge is 2.30. The van der Waals surface area contributed by atoms with Crippen LogP contribution in [-0.4, -0.2) is 15.9 Å². The summed E-state index contributed by atoms with van der Waals surface area (Å²) in [7, 11) is 0. The lowest BCUT2D eigenvalue weighted by Gasteiger charge is -2.09. The van der Waals surface area contributed by atoms with Gasteiger partial charge in [-0.15, -0.1) is 0 Å². The van der Waals surface area contributed by atoms with Crippen molar-refractivity contribution in [2.24, 2.45) is 0 Å². The van der Waals surface area contributed by atoms with E-state index in [1.54, 1.807) is 0 Å². The first kappa shape index (κ1) is 12.2. The average Bonchev–Trinajstić information content (AvgIpc) is 2.81. The zero-order valence-electron chi connectivity index (χ0n) is 8.95. The molecule has 1 aromatic carbocycles. The molecule has 4 nitrogen and oxygen atoms in total. The first-order chi connectivity index (χ1) is 8.47. The van der Waals surface area contributed by atoms with Crippen molar-refractivity contribution >= 4 is 11.6 Å². The van der Waals surface area contributed by atoms with Gasteiger partial charge in [0, 0.05) is 5.69 Å². The number of nitrogens with one attached hydrogen (secondary N) is 2. The molecule has 0 fully saturated rings. The SMILES string of the molecule is O=C(Nc1cccc(C(F)(F)F)c1)c1cnc[nH]1. The molecule has 0 atom stereocenters. The van der Waals surface area contributed by atoms with Crippen LogP contribution in [0.5, 0.6) is 0 Å². The van der Waals surface area contributed by atoms with Gasteiger partial charge in [0.2, 0.25) is 0 Å². The van der Waals surface area contributed by atoms with Crippen molar-refractivity contribution in [1.29, 1.82) is 0 Å². The van der Waals surface area contributed by atoms with E-state index in [9.17, 15) is 18.0 Å². The summed E-state index contributed by atoms with van der Waals surface area (Å²) < 4.78 is 37.3. The number of amides is 1. The Hall–Kier alpha value is -2.31. The van der Waals surface area contributed by atoms with E-state index in [0.29, 0.717) is 0 Å². The number of alkyl halides is 3. The molecule has 0 saturated carbocycles. The van der Waals surface area contributed by atoms with Crippen LogP contribution in [0.1, 0.15) is 16.1 Å². The summed E-state index contributed by atoms with van der Waals surface area (Å²) >= 11 is 0. The van der Waals surface area contributed by atoms with Gasteiger partial charge < -0.3 is 10.3 Å². The number of H-pyrrole nitrogens is 1. The van der Waals surface area contributed by atoms with Crippen LogP contribution < -0.4 is 5.32 Å². The molecular weight excluding hydrogens is 247 g/mol. The fraction of sp³-hybridized carbons (Fsp3) is 0.0909. The number of halogens is 3. The molecule has 0 spiro atoms. The molecule has 2 aromatic rings. The number of carbonyl (C=O) groups is 1. The van der Waals surface area contributed by atoms with Crippen LogP contribution in [0.25, 0.3) is 0 Å². The highest BCUT2D eigenvalue weighted by molar-refractivity contribution is 6.02.